The second kappa shape index (κ2) is 7.73. The van der Waals surface area contributed by atoms with Crippen molar-refractivity contribution in [2.24, 2.45) is 0 Å². The number of carbonyl (C=O) groups excluding carboxylic acids is 1. The van der Waals surface area contributed by atoms with Gasteiger partial charge in [0.05, 0.1) is 11.1 Å². The van der Waals surface area contributed by atoms with Crippen LogP contribution in [0.2, 0.25) is 0 Å². The first-order chi connectivity index (χ1) is 13.5. The van der Waals surface area contributed by atoms with Crippen LogP contribution in [0.4, 0.5) is 9.52 Å². The van der Waals surface area contributed by atoms with E-state index in [9.17, 15) is 9.18 Å². The average Bonchev–Trinajstić information content (AvgIpc) is 3.28. The van der Waals surface area contributed by atoms with E-state index in [1.54, 1.807) is 29.5 Å². The minimum absolute atomic E-state index is 0.222. The van der Waals surface area contributed by atoms with Crippen LogP contribution in [0.25, 0.3) is 11.3 Å². The number of benzene rings is 1. The van der Waals surface area contributed by atoms with Crippen molar-refractivity contribution in [2.45, 2.75) is 32.1 Å². The van der Waals surface area contributed by atoms with Crippen LogP contribution in [-0.4, -0.2) is 24.1 Å². The summed E-state index contributed by atoms with van der Waals surface area (Å²) in [5.74, 6) is -0.580. The molecule has 0 unspecified atom stereocenters. The first-order valence-corrected chi connectivity index (χ1v) is 10.9. The summed E-state index contributed by atoms with van der Waals surface area (Å²) in [7, 11) is 0. The van der Waals surface area contributed by atoms with Crippen molar-refractivity contribution in [3.63, 3.8) is 0 Å². The minimum atomic E-state index is -0.940. The topological polar surface area (TPSA) is 51.2 Å². The molecule has 3 heterocycles. The van der Waals surface area contributed by atoms with Gasteiger partial charge in [-0.2, -0.15) is 0 Å². The third-order valence-corrected chi connectivity index (χ3v) is 6.94. The highest BCUT2D eigenvalue weighted by Gasteiger charge is 2.43. The fourth-order valence-electron chi connectivity index (χ4n) is 3.74. The van der Waals surface area contributed by atoms with Gasteiger partial charge in [0, 0.05) is 39.5 Å². The van der Waals surface area contributed by atoms with Crippen LogP contribution in [0, 0.1) is 19.7 Å². The number of ether oxygens (including phenoxy) is 1. The Bertz CT molecular complexity index is 1010. The largest absolute Gasteiger partial charge is 0.381 e. The minimum Gasteiger partial charge on any atom is -0.381 e. The van der Waals surface area contributed by atoms with E-state index in [1.807, 2.05) is 5.38 Å². The Kier molecular flexibility index (Phi) is 5.31. The van der Waals surface area contributed by atoms with Crippen molar-refractivity contribution in [1.82, 2.24) is 4.98 Å². The maximum Gasteiger partial charge on any atom is 0.237 e. The van der Waals surface area contributed by atoms with Gasteiger partial charge in [-0.1, -0.05) is 18.2 Å². The lowest BCUT2D eigenvalue weighted by molar-refractivity contribution is -0.125. The molecule has 1 N–H and O–H groups in total. The number of carbonyl (C=O) groups is 1. The van der Waals surface area contributed by atoms with Gasteiger partial charge in [-0.05, 0) is 38.8 Å². The molecule has 1 aliphatic rings. The lowest BCUT2D eigenvalue weighted by atomic mass is 9.73. The zero-order chi connectivity index (χ0) is 19.7. The molecular formula is C21H21FN2O2S2. The summed E-state index contributed by atoms with van der Waals surface area (Å²) in [6.07, 6.45) is 0.891. The third kappa shape index (κ3) is 3.50. The van der Waals surface area contributed by atoms with Crippen LogP contribution in [0.15, 0.2) is 35.7 Å². The van der Waals surface area contributed by atoms with Gasteiger partial charge in [0.2, 0.25) is 5.91 Å². The van der Waals surface area contributed by atoms with Crippen LogP contribution in [0.5, 0.6) is 0 Å². The standard InChI is InChI=1S/C21H21FN2O2S2/c1-13-11-15(14(2)28-13)18-12-27-20(23-18)24-19(25)21(7-9-26-10-8-21)16-5-3-4-6-17(16)22/h3-6,11-12H,7-10H2,1-2H3,(H,23,24,25). The number of amides is 1. The highest BCUT2D eigenvalue weighted by atomic mass is 32.1. The van der Waals surface area contributed by atoms with Gasteiger partial charge in [0.1, 0.15) is 5.82 Å². The fourth-order valence-corrected chi connectivity index (χ4v) is 5.38. The first-order valence-electron chi connectivity index (χ1n) is 9.17. The van der Waals surface area contributed by atoms with E-state index in [1.165, 1.54) is 27.2 Å². The molecule has 3 aromatic rings. The van der Waals surface area contributed by atoms with Crippen LogP contribution in [-0.2, 0) is 14.9 Å². The molecule has 7 heteroatoms. The molecule has 1 amide bonds. The van der Waals surface area contributed by atoms with Crippen LogP contribution >= 0.6 is 22.7 Å². The Morgan fingerprint density at radius 1 is 1.25 bits per heavy atom. The van der Waals surface area contributed by atoms with Crippen molar-refractivity contribution in [1.29, 1.82) is 0 Å². The smallest absolute Gasteiger partial charge is 0.237 e. The summed E-state index contributed by atoms with van der Waals surface area (Å²) in [5.41, 5.74) is 1.43. The number of anilines is 1. The molecule has 0 aliphatic carbocycles. The Hall–Kier alpha value is -2.09. The number of aromatic nitrogens is 1. The molecule has 4 rings (SSSR count). The molecule has 0 radical (unpaired) electrons. The molecule has 2 aromatic heterocycles. The van der Waals surface area contributed by atoms with Crippen LogP contribution in [0.1, 0.15) is 28.2 Å². The van der Waals surface area contributed by atoms with Gasteiger partial charge >= 0.3 is 0 Å². The molecule has 1 saturated heterocycles. The number of thiophene rings is 1. The number of hydrogen-bond donors (Lipinski definition) is 1. The molecule has 0 spiro atoms. The monoisotopic (exact) mass is 416 g/mol. The second-order valence-electron chi connectivity index (χ2n) is 6.99. The number of nitrogens with zero attached hydrogens (tertiary/aromatic N) is 1. The van der Waals surface area contributed by atoms with E-state index < -0.39 is 5.41 Å². The summed E-state index contributed by atoms with van der Waals surface area (Å²) in [5, 5.41) is 5.43. The highest BCUT2D eigenvalue weighted by molar-refractivity contribution is 7.14. The van der Waals surface area contributed by atoms with E-state index in [-0.39, 0.29) is 11.7 Å². The van der Waals surface area contributed by atoms with Crippen LogP contribution in [0.3, 0.4) is 0 Å². The van der Waals surface area contributed by atoms with Gasteiger partial charge in [0.25, 0.3) is 0 Å². The number of rotatable bonds is 4. The van der Waals surface area contributed by atoms with Gasteiger partial charge in [-0.25, -0.2) is 9.37 Å². The SMILES string of the molecule is Cc1cc(-c2csc(NC(=O)C3(c4ccccc4F)CCOCC3)n2)c(C)s1. The van der Waals surface area contributed by atoms with E-state index >= 15 is 0 Å². The molecule has 1 aliphatic heterocycles. The van der Waals surface area contributed by atoms with Gasteiger partial charge in [0.15, 0.2) is 5.13 Å². The molecule has 1 fully saturated rings. The Morgan fingerprint density at radius 3 is 2.68 bits per heavy atom. The molecule has 4 nitrogen and oxygen atoms in total. The van der Waals surface area contributed by atoms with Crippen molar-refractivity contribution >= 4 is 33.7 Å². The number of nitrogens with one attached hydrogen (secondary N) is 1. The molecule has 146 valence electrons. The molecule has 1 aromatic carbocycles. The maximum absolute atomic E-state index is 14.6. The fraction of sp³-hybridized carbons (Fsp3) is 0.333. The lowest BCUT2D eigenvalue weighted by Crippen LogP contribution is -2.45. The van der Waals surface area contributed by atoms with Crippen molar-refractivity contribution in [3.8, 4) is 11.3 Å². The second-order valence-corrected chi connectivity index (χ2v) is 9.31. The summed E-state index contributed by atoms with van der Waals surface area (Å²) >= 11 is 3.12. The van der Waals surface area contributed by atoms with Crippen molar-refractivity contribution < 1.29 is 13.9 Å². The summed E-state index contributed by atoms with van der Waals surface area (Å²) < 4.78 is 20.0. The Morgan fingerprint density at radius 2 is 2.00 bits per heavy atom. The third-order valence-electron chi connectivity index (χ3n) is 5.21. The van der Waals surface area contributed by atoms with Gasteiger partial charge in [-0.15, -0.1) is 22.7 Å². The zero-order valence-corrected chi connectivity index (χ0v) is 17.4. The normalized spacial score (nSPS) is 16.1. The van der Waals surface area contributed by atoms with E-state index in [4.69, 9.17) is 4.74 Å². The van der Waals surface area contributed by atoms with Gasteiger partial charge in [-0.3, -0.25) is 4.79 Å². The number of thiazole rings is 1. The summed E-state index contributed by atoms with van der Waals surface area (Å²) in [6.45, 7) is 5.00. The Labute approximate surface area is 171 Å². The molecule has 0 saturated carbocycles. The Balaban J connectivity index is 1.62. The van der Waals surface area contributed by atoms with E-state index in [2.05, 4.69) is 30.2 Å². The molecule has 0 atom stereocenters. The molecule has 0 bridgehead atoms. The van der Waals surface area contributed by atoms with Crippen molar-refractivity contribution in [2.75, 3.05) is 18.5 Å². The summed E-state index contributed by atoms with van der Waals surface area (Å²) in [6, 6.07) is 8.63. The lowest BCUT2D eigenvalue weighted by Gasteiger charge is -2.36. The van der Waals surface area contributed by atoms with E-state index in [0.29, 0.717) is 36.8 Å². The van der Waals surface area contributed by atoms with Crippen molar-refractivity contribution in [3.05, 3.63) is 56.8 Å². The number of halogens is 1. The molecular weight excluding hydrogens is 395 g/mol. The predicted molar refractivity (Wildman–Crippen MR) is 112 cm³/mol. The van der Waals surface area contributed by atoms with Crippen LogP contribution < -0.4 is 5.32 Å². The maximum atomic E-state index is 14.6. The number of hydrogen-bond acceptors (Lipinski definition) is 5. The summed E-state index contributed by atoms with van der Waals surface area (Å²) in [4.78, 5) is 20.3. The van der Waals surface area contributed by atoms with E-state index in [0.717, 1.165) is 11.3 Å². The molecule has 28 heavy (non-hydrogen) atoms. The predicted octanol–water partition coefficient (Wildman–Crippen LogP) is 5.31. The highest BCUT2D eigenvalue weighted by Crippen LogP contribution is 2.38. The average molecular weight is 417 g/mol. The zero-order valence-electron chi connectivity index (χ0n) is 15.8. The quantitative estimate of drug-likeness (QED) is 0.627. The first kappa shape index (κ1) is 19.2. The number of aryl methyl sites for hydroxylation is 2. The van der Waals surface area contributed by atoms with Gasteiger partial charge < -0.3 is 10.1 Å².